The lowest BCUT2D eigenvalue weighted by molar-refractivity contribution is -0.159. The molecule has 3 aromatic rings. The Balaban J connectivity index is 1.43. The number of amides is 1. The minimum atomic E-state index is -0.586. The number of fused-ring (bicyclic) bond motifs is 5. The Morgan fingerprint density at radius 3 is 2.61 bits per heavy atom. The number of benzene rings is 3. The van der Waals surface area contributed by atoms with E-state index in [9.17, 15) is 4.79 Å². The van der Waals surface area contributed by atoms with Gasteiger partial charge in [-0.1, -0.05) is 48.5 Å². The lowest BCUT2D eigenvalue weighted by Gasteiger charge is -2.51. The van der Waals surface area contributed by atoms with Gasteiger partial charge in [0.2, 0.25) is 11.6 Å². The summed E-state index contributed by atoms with van der Waals surface area (Å²) in [6, 6.07) is 21.1. The Kier molecular flexibility index (Phi) is 4.57. The Hall–Kier alpha value is -3.54. The molecule has 3 aromatic carbocycles. The van der Waals surface area contributed by atoms with Crippen LogP contribution in [0, 0.1) is 0 Å². The number of hydrazone groups is 1. The highest BCUT2D eigenvalue weighted by molar-refractivity contribution is 6.04. The number of carbonyl (C=O) groups is 1. The molecule has 0 saturated carbocycles. The number of ether oxygens (including phenoxy) is 2. The number of methoxy groups -OCH3 is 1. The molecule has 0 radical (unpaired) electrons. The third-order valence-corrected chi connectivity index (χ3v) is 7.28. The fourth-order valence-corrected chi connectivity index (χ4v) is 5.48. The average molecular weight is 442 g/mol. The van der Waals surface area contributed by atoms with Crippen LogP contribution in [0.4, 0.5) is 0 Å². The number of hydrogen-bond acceptors (Lipinski definition) is 5. The van der Waals surface area contributed by atoms with Crippen molar-refractivity contribution >= 4 is 22.4 Å². The molecule has 1 unspecified atom stereocenters. The van der Waals surface area contributed by atoms with Gasteiger partial charge in [0.1, 0.15) is 0 Å². The van der Waals surface area contributed by atoms with Gasteiger partial charge >= 0.3 is 0 Å². The highest BCUT2D eigenvalue weighted by Crippen LogP contribution is 2.52. The summed E-state index contributed by atoms with van der Waals surface area (Å²) >= 11 is 0. The van der Waals surface area contributed by atoms with Gasteiger partial charge in [0.15, 0.2) is 11.5 Å². The van der Waals surface area contributed by atoms with Crippen molar-refractivity contribution in [3.8, 4) is 11.5 Å². The summed E-state index contributed by atoms with van der Waals surface area (Å²) in [5.41, 5.74) is 2.73. The molecule has 168 valence electrons. The van der Waals surface area contributed by atoms with E-state index in [0.29, 0.717) is 25.9 Å². The summed E-state index contributed by atoms with van der Waals surface area (Å²) in [7, 11) is 1.68. The lowest BCUT2D eigenvalue weighted by Crippen LogP contribution is -2.59. The van der Waals surface area contributed by atoms with E-state index in [1.165, 1.54) is 10.8 Å². The van der Waals surface area contributed by atoms with Crippen LogP contribution < -0.4 is 9.47 Å². The van der Waals surface area contributed by atoms with Crippen molar-refractivity contribution in [3.63, 3.8) is 0 Å². The second-order valence-electron chi connectivity index (χ2n) is 9.11. The van der Waals surface area contributed by atoms with Gasteiger partial charge in [-0.15, -0.1) is 0 Å². The molecule has 0 aliphatic carbocycles. The topological polar surface area (TPSA) is 54.4 Å². The SMILES string of the molecule is COc1cccc2c1OC1(CCN(C(C)=O)CC1)N1N=C(c3ccc4ccccc4c3)CC21. The van der Waals surface area contributed by atoms with Crippen molar-refractivity contribution in [2.45, 2.75) is 38.0 Å². The second kappa shape index (κ2) is 7.51. The van der Waals surface area contributed by atoms with Gasteiger partial charge in [-0.05, 0) is 28.5 Å². The molecule has 1 atom stereocenters. The number of hydrogen-bond donors (Lipinski definition) is 0. The number of piperidine rings is 1. The van der Waals surface area contributed by atoms with Crippen LogP contribution in [0.2, 0.25) is 0 Å². The predicted molar refractivity (Wildman–Crippen MR) is 128 cm³/mol. The fraction of sp³-hybridized carbons (Fsp3) is 0.333. The van der Waals surface area contributed by atoms with Gasteiger partial charge in [0.05, 0.1) is 18.9 Å². The van der Waals surface area contributed by atoms with Crippen LogP contribution in [0.15, 0.2) is 65.8 Å². The molecule has 6 nitrogen and oxygen atoms in total. The third kappa shape index (κ3) is 3.16. The van der Waals surface area contributed by atoms with Crippen molar-refractivity contribution in [3.05, 3.63) is 71.8 Å². The molecule has 1 amide bonds. The Morgan fingerprint density at radius 2 is 1.85 bits per heavy atom. The number of likely N-dealkylation sites (tertiary alicyclic amines) is 1. The lowest BCUT2D eigenvalue weighted by atomic mass is 9.90. The zero-order valence-corrected chi connectivity index (χ0v) is 19.0. The smallest absolute Gasteiger partial charge is 0.219 e. The van der Waals surface area contributed by atoms with E-state index in [-0.39, 0.29) is 11.9 Å². The van der Waals surface area contributed by atoms with Crippen molar-refractivity contribution < 1.29 is 14.3 Å². The largest absolute Gasteiger partial charge is 0.493 e. The summed E-state index contributed by atoms with van der Waals surface area (Å²) in [6.45, 7) is 2.94. The van der Waals surface area contributed by atoms with Crippen LogP contribution in [0.5, 0.6) is 11.5 Å². The molecule has 0 aromatic heterocycles. The van der Waals surface area contributed by atoms with Crippen molar-refractivity contribution in [2.24, 2.45) is 5.10 Å². The normalized spacial score (nSPS) is 20.8. The first kappa shape index (κ1) is 20.1. The average Bonchev–Trinajstić information content (AvgIpc) is 3.31. The molecule has 0 bridgehead atoms. The van der Waals surface area contributed by atoms with Gasteiger partial charge in [-0.2, -0.15) is 5.10 Å². The highest BCUT2D eigenvalue weighted by Gasteiger charge is 2.52. The summed E-state index contributed by atoms with van der Waals surface area (Å²) in [6.07, 6.45) is 2.21. The number of rotatable bonds is 2. The molecular weight excluding hydrogens is 414 g/mol. The standard InChI is InChI=1S/C27H27N3O3/c1-18(31)29-14-12-27(13-15-29)30-24(22-8-5-9-25(32-2)26(22)33-27)17-23(28-30)21-11-10-19-6-3-4-7-20(19)16-21/h3-11,16,24H,12-15,17H2,1-2H3. The Morgan fingerprint density at radius 1 is 1.06 bits per heavy atom. The first-order valence-corrected chi connectivity index (χ1v) is 11.6. The van der Waals surface area contributed by atoms with Gasteiger partial charge in [0.25, 0.3) is 0 Å². The van der Waals surface area contributed by atoms with E-state index in [1.807, 2.05) is 17.0 Å². The van der Waals surface area contributed by atoms with E-state index in [2.05, 4.69) is 53.5 Å². The first-order chi connectivity index (χ1) is 16.1. The van der Waals surface area contributed by atoms with Crippen molar-refractivity contribution in [1.82, 2.24) is 9.91 Å². The van der Waals surface area contributed by atoms with Crippen LogP contribution in [-0.4, -0.2) is 47.5 Å². The maximum atomic E-state index is 12.0. The summed E-state index contributed by atoms with van der Waals surface area (Å²) in [5.74, 6) is 1.67. The molecule has 6 heteroatoms. The van der Waals surface area contributed by atoms with Crippen LogP contribution >= 0.6 is 0 Å². The van der Waals surface area contributed by atoms with Crippen LogP contribution in [-0.2, 0) is 4.79 Å². The summed E-state index contributed by atoms with van der Waals surface area (Å²) in [5, 5.41) is 9.79. The van der Waals surface area contributed by atoms with Crippen LogP contribution in [0.3, 0.4) is 0 Å². The third-order valence-electron chi connectivity index (χ3n) is 7.28. The molecular formula is C27H27N3O3. The number of carbonyl (C=O) groups excluding carboxylic acids is 1. The predicted octanol–water partition coefficient (Wildman–Crippen LogP) is 4.73. The maximum absolute atomic E-state index is 12.0. The zero-order chi connectivity index (χ0) is 22.6. The molecule has 0 N–H and O–H groups in total. The van der Waals surface area contributed by atoms with Crippen LogP contribution in [0.1, 0.15) is 43.4 Å². The molecule has 6 rings (SSSR count). The van der Waals surface area contributed by atoms with Gasteiger partial charge in [-0.25, -0.2) is 5.01 Å². The van der Waals surface area contributed by atoms with Gasteiger partial charge in [0, 0.05) is 44.8 Å². The van der Waals surface area contributed by atoms with E-state index in [0.717, 1.165) is 34.8 Å². The number of para-hydroxylation sites is 1. The molecule has 1 spiro atoms. The Labute approximate surface area is 193 Å². The van der Waals surface area contributed by atoms with Gasteiger partial charge < -0.3 is 14.4 Å². The van der Waals surface area contributed by atoms with E-state index in [1.54, 1.807) is 14.0 Å². The van der Waals surface area contributed by atoms with Crippen LogP contribution in [0.25, 0.3) is 10.8 Å². The van der Waals surface area contributed by atoms with E-state index in [4.69, 9.17) is 14.6 Å². The van der Waals surface area contributed by atoms with E-state index >= 15 is 0 Å². The Bertz CT molecular complexity index is 1280. The van der Waals surface area contributed by atoms with Gasteiger partial charge in [-0.3, -0.25) is 4.79 Å². The zero-order valence-electron chi connectivity index (χ0n) is 19.0. The molecule has 33 heavy (non-hydrogen) atoms. The van der Waals surface area contributed by atoms with Crippen molar-refractivity contribution in [2.75, 3.05) is 20.2 Å². The monoisotopic (exact) mass is 441 g/mol. The molecule has 1 fully saturated rings. The molecule has 3 aliphatic heterocycles. The first-order valence-electron chi connectivity index (χ1n) is 11.6. The summed E-state index contributed by atoms with van der Waals surface area (Å²) < 4.78 is 12.4. The minimum absolute atomic E-state index is 0.0780. The maximum Gasteiger partial charge on any atom is 0.219 e. The molecule has 1 saturated heterocycles. The molecule has 3 aliphatic rings. The fourth-order valence-electron chi connectivity index (χ4n) is 5.48. The quantitative estimate of drug-likeness (QED) is 0.577. The van der Waals surface area contributed by atoms with E-state index < -0.39 is 5.72 Å². The summed E-state index contributed by atoms with van der Waals surface area (Å²) in [4.78, 5) is 13.9. The second-order valence-corrected chi connectivity index (χ2v) is 9.11. The number of nitrogens with zero attached hydrogens (tertiary/aromatic N) is 3. The van der Waals surface area contributed by atoms with Crippen molar-refractivity contribution in [1.29, 1.82) is 0 Å². The highest BCUT2D eigenvalue weighted by atomic mass is 16.5. The minimum Gasteiger partial charge on any atom is -0.493 e. The molecule has 3 heterocycles.